The SMILES string of the molecule is C=C(C)N[C@H]1CN(C(=C)C)C2C(N(C(=C)C)/C(=C/N(C)C(=C)C)N2C(=C)C)N1C(=C)C. The lowest BCUT2D eigenvalue weighted by atomic mass is 10.1. The molecule has 0 saturated carbocycles. The number of rotatable bonds is 8. The predicted molar refractivity (Wildman–Crippen MR) is 131 cm³/mol. The van der Waals surface area contributed by atoms with Crippen LogP contribution in [0.15, 0.2) is 85.7 Å². The van der Waals surface area contributed by atoms with Gasteiger partial charge in [0.2, 0.25) is 0 Å². The highest BCUT2D eigenvalue weighted by Crippen LogP contribution is 2.43. The van der Waals surface area contributed by atoms with Gasteiger partial charge in [-0.3, -0.25) is 0 Å². The molecule has 0 aromatic heterocycles. The number of allylic oxidation sites excluding steroid dienone is 6. The standard InChI is InChI=1S/C25H40N6/c1-16(2)26-22-14-28(18(5)6)24-25(29(22)19(7)8)31(21(11)12)23(30(24)20(9)10)15-27(13)17(3)4/h15,22,24-26H,1,3,5,7,9,11,14H2,2,4,6,8,10,12-13H3/b23-15+/t22-,24?,25?/m1/s1. The second-order valence-corrected chi connectivity index (χ2v) is 8.84. The van der Waals surface area contributed by atoms with Gasteiger partial charge in [-0.2, -0.15) is 0 Å². The average Bonchev–Trinajstić information content (AvgIpc) is 2.94. The first-order chi connectivity index (χ1) is 14.3. The molecule has 0 aromatic rings. The van der Waals surface area contributed by atoms with Crippen molar-refractivity contribution in [3.63, 3.8) is 0 Å². The fraction of sp³-hybridized carbons (Fsp3) is 0.440. The molecule has 2 heterocycles. The van der Waals surface area contributed by atoms with E-state index >= 15 is 0 Å². The van der Waals surface area contributed by atoms with E-state index in [1.54, 1.807) is 0 Å². The first-order valence-corrected chi connectivity index (χ1v) is 10.6. The van der Waals surface area contributed by atoms with Crippen molar-refractivity contribution in [3.05, 3.63) is 85.7 Å². The Morgan fingerprint density at radius 3 is 1.74 bits per heavy atom. The minimum atomic E-state index is -0.0845. The van der Waals surface area contributed by atoms with Crippen LogP contribution in [0.25, 0.3) is 0 Å². The number of nitrogens with zero attached hydrogens (tertiary/aromatic N) is 5. The summed E-state index contributed by atoms with van der Waals surface area (Å²) in [6.07, 6.45) is 1.95. The van der Waals surface area contributed by atoms with Gasteiger partial charge in [-0.25, -0.2) is 0 Å². The Labute approximate surface area is 189 Å². The molecular formula is C25H40N6. The fourth-order valence-corrected chi connectivity index (χ4v) is 4.31. The molecule has 0 aliphatic carbocycles. The average molecular weight is 425 g/mol. The van der Waals surface area contributed by atoms with Crippen LogP contribution in [0.1, 0.15) is 41.5 Å². The topological polar surface area (TPSA) is 28.2 Å². The predicted octanol–water partition coefficient (Wildman–Crippen LogP) is 4.72. The van der Waals surface area contributed by atoms with Gasteiger partial charge in [0, 0.05) is 47.4 Å². The molecule has 2 unspecified atom stereocenters. The summed E-state index contributed by atoms with van der Waals surface area (Å²) in [6.45, 7) is 38.3. The first-order valence-electron chi connectivity index (χ1n) is 10.6. The Morgan fingerprint density at radius 1 is 0.839 bits per heavy atom. The van der Waals surface area contributed by atoms with Gasteiger partial charge in [0.1, 0.15) is 24.3 Å². The van der Waals surface area contributed by atoms with Gasteiger partial charge in [-0.1, -0.05) is 39.5 Å². The van der Waals surface area contributed by atoms with Crippen molar-refractivity contribution in [1.29, 1.82) is 0 Å². The van der Waals surface area contributed by atoms with Gasteiger partial charge in [-0.15, -0.1) is 0 Å². The van der Waals surface area contributed by atoms with Gasteiger partial charge < -0.3 is 29.8 Å². The maximum Gasteiger partial charge on any atom is 0.149 e. The minimum Gasteiger partial charge on any atom is -0.368 e. The van der Waals surface area contributed by atoms with Crippen LogP contribution in [0.2, 0.25) is 0 Å². The maximum atomic E-state index is 4.33. The van der Waals surface area contributed by atoms with Crippen molar-refractivity contribution < 1.29 is 0 Å². The lowest BCUT2D eigenvalue weighted by Crippen LogP contribution is -2.68. The Morgan fingerprint density at radius 2 is 1.35 bits per heavy atom. The Kier molecular flexibility index (Phi) is 7.04. The van der Waals surface area contributed by atoms with Gasteiger partial charge in [-0.05, 0) is 41.5 Å². The molecule has 0 spiro atoms. The van der Waals surface area contributed by atoms with Crippen molar-refractivity contribution in [2.75, 3.05) is 13.6 Å². The molecule has 31 heavy (non-hydrogen) atoms. The maximum absolute atomic E-state index is 4.33. The Bertz CT molecular complexity index is 850. The van der Waals surface area contributed by atoms with E-state index in [0.717, 1.165) is 46.5 Å². The van der Waals surface area contributed by atoms with E-state index in [1.807, 2.05) is 46.6 Å². The van der Waals surface area contributed by atoms with Crippen LogP contribution in [-0.4, -0.2) is 56.6 Å². The van der Waals surface area contributed by atoms with E-state index in [9.17, 15) is 0 Å². The number of hydrogen-bond acceptors (Lipinski definition) is 6. The molecule has 170 valence electrons. The summed E-state index contributed by atoms with van der Waals surface area (Å²) in [4.78, 5) is 11.2. The smallest absolute Gasteiger partial charge is 0.149 e. The zero-order valence-corrected chi connectivity index (χ0v) is 20.5. The number of nitrogens with one attached hydrogen (secondary N) is 1. The minimum absolute atomic E-state index is 0.0139. The molecule has 6 nitrogen and oxygen atoms in total. The van der Waals surface area contributed by atoms with E-state index in [0.29, 0.717) is 0 Å². The highest BCUT2D eigenvalue weighted by Gasteiger charge is 2.54. The lowest BCUT2D eigenvalue weighted by molar-refractivity contribution is -0.0433. The van der Waals surface area contributed by atoms with Gasteiger partial charge in [0.15, 0.2) is 0 Å². The molecular weight excluding hydrogens is 384 g/mol. The molecule has 0 aromatic carbocycles. The first kappa shape index (κ1) is 24.3. The normalized spacial score (nSPS) is 24.1. The van der Waals surface area contributed by atoms with Crippen LogP contribution in [0.4, 0.5) is 0 Å². The van der Waals surface area contributed by atoms with Crippen LogP contribution in [0.5, 0.6) is 0 Å². The van der Waals surface area contributed by atoms with Crippen molar-refractivity contribution >= 4 is 0 Å². The summed E-state index contributed by atoms with van der Waals surface area (Å²) in [5.74, 6) is 0.994. The van der Waals surface area contributed by atoms with Crippen LogP contribution in [-0.2, 0) is 0 Å². The molecule has 2 aliphatic rings. The van der Waals surface area contributed by atoms with Crippen LogP contribution in [0.3, 0.4) is 0 Å². The summed E-state index contributed by atoms with van der Waals surface area (Å²) in [5.41, 5.74) is 5.69. The zero-order chi connectivity index (χ0) is 23.8. The molecule has 0 radical (unpaired) electrons. The molecule has 2 aliphatic heterocycles. The van der Waals surface area contributed by atoms with E-state index in [1.165, 1.54) is 0 Å². The molecule has 6 heteroatoms. The Balaban J connectivity index is 2.80. The lowest BCUT2D eigenvalue weighted by Gasteiger charge is -2.53. The number of fused-ring (bicyclic) bond motifs is 1. The van der Waals surface area contributed by atoms with Crippen LogP contribution < -0.4 is 5.32 Å². The Hall–Kier alpha value is -3.02. The van der Waals surface area contributed by atoms with Crippen molar-refractivity contribution in [1.82, 2.24) is 29.8 Å². The fourth-order valence-electron chi connectivity index (χ4n) is 4.31. The van der Waals surface area contributed by atoms with Crippen molar-refractivity contribution in [2.24, 2.45) is 0 Å². The summed E-state index contributed by atoms with van der Waals surface area (Å²) < 4.78 is 0. The highest BCUT2D eigenvalue weighted by molar-refractivity contribution is 5.28. The number of piperazine rings is 1. The van der Waals surface area contributed by atoms with Crippen molar-refractivity contribution in [2.45, 2.75) is 60.0 Å². The number of hydrogen-bond donors (Lipinski definition) is 1. The van der Waals surface area contributed by atoms with Crippen molar-refractivity contribution in [3.8, 4) is 0 Å². The second-order valence-electron chi connectivity index (χ2n) is 8.84. The summed E-state index contributed by atoms with van der Waals surface area (Å²) in [7, 11) is 2.00. The van der Waals surface area contributed by atoms with E-state index in [-0.39, 0.29) is 18.5 Å². The third-order valence-corrected chi connectivity index (χ3v) is 5.68. The molecule has 0 amide bonds. The zero-order valence-electron chi connectivity index (χ0n) is 20.5. The largest absolute Gasteiger partial charge is 0.368 e. The summed E-state index contributed by atoms with van der Waals surface area (Å²) in [6, 6.07) is 0. The molecule has 2 rings (SSSR count). The molecule has 1 N–H and O–H groups in total. The molecule has 0 bridgehead atoms. The van der Waals surface area contributed by atoms with Gasteiger partial charge in [0.05, 0.1) is 6.54 Å². The summed E-state index contributed by atoms with van der Waals surface area (Å²) in [5, 5.41) is 3.53. The molecule has 3 atom stereocenters. The van der Waals surface area contributed by atoms with Gasteiger partial charge >= 0.3 is 0 Å². The quantitative estimate of drug-likeness (QED) is 0.606. The monoisotopic (exact) mass is 424 g/mol. The van der Waals surface area contributed by atoms with E-state index in [2.05, 4.69) is 77.5 Å². The van der Waals surface area contributed by atoms with Crippen LogP contribution in [0, 0.1) is 0 Å². The van der Waals surface area contributed by atoms with E-state index < -0.39 is 0 Å². The molecule has 2 saturated heterocycles. The third-order valence-electron chi connectivity index (χ3n) is 5.68. The summed E-state index contributed by atoms with van der Waals surface area (Å²) >= 11 is 0. The van der Waals surface area contributed by atoms with E-state index in [4.69, 9.17) is 0 Å². The molecule has 2 fully saturated rings. The third kappa shape index (κ3) is 4.53. The van der Waals surface area contributed by atoms with Crippen LogP contribution >= 0.6 is 0 Å². The van der Waals surface area contributed by atoms with Gasteiger partial charge in [0.25, 0.3) is 0 Å². The highest BCUT2D eigenvalue weighted by atomic mass is 15.6. The second kappa shape index (κ2) is 9.00.